The van der Waals surface area contributed by atoms with Crippen molar-refractivity contribution < 1.29 is 8.42 Å². The van der Waals surface area contributed by atoms with Crippen LogP contribution in [-0.2, 0) is 9.84 Å². The van der Waals surface area contributed by atoms with Gasteiger partial charge >= 0.3 is 0 Å². The largest absolute Gasteiger partial charge is 0.380 e. The van der Waals surface area contributed by atoms with E-state index < -0.39 is 9.84 Å². The van der Waals surface area contributed by atoms with Crippen LogP contribution in [0.1, 0.15) is 32.1 Å². The smallest absolute Gasteiger partial charge is 0.177 e. The summed E-state index contributed by atoms with van der Waals surface area (Å²) in [6.45, 7) is 2.16. The molecule has 0 bridgehead atoms. The Morgan fingerprint density at radius 3 is 2.57 bits per heavy atom. The van der Waals surface area contributed by atoms with Crippen molar-refractivity contribution in [3.8, 4) is 0 Å². The van der Waals surface area contributed by atoms with Crippen LogP contribution < -0.4 is 5.32 Å². The lowest BCUT2D eigenvalue weighted by atomic mass is 10.2. The Labute approximate surface area is 127 Å². The molecule has 1 aromatic rings. The van der Waals surface area contributed by atoms with Crippen molar-refractivity contribution in [2.45, 2.75) is 49.1 Å². The highest BCUT2D eigenvalue weighted by atomic mass is 32.2. The fourth-order valence-corrected chi connectivity index (χ4v) is 4.49. The number of rotatable bonds is 4. The van der Waals surface area contributed by atoms with E-state index >= 15 is 0 Å². The molecule has 0 radical (unpaired) electrons. The van der Waals surface area contributed by atoms with Gasteiger partial charge < -0.3 is 5.32 Å². The van der Waals surface area contributed by atoms with E-state index in [-0.39, 0.29) is 0 Å². The summed E-state index contributed by atoms with van der Waals surface area (Å²) in [7, 11) is -3.18. The molecule has 0 unspecified atom stereocenters. The zero-order valence-corrected chi connectivity index (χ0v) is 13.4. The van der Waals surface area contributed by atoms with E-state index in [0.29, 0.717) is 10.9 Å². The predicted molar refractivity (Wildman–Crippen MR) is 85.4 cm³/mol. The zero-order valence-electron chi connectivity index (χ0n) is 12.6. The third-order valence-corrected chi connectivity index (χ3v) is 5.86. The van der Waals surface area contributed by atoms with E-state index in [2.05, 4.69) is 10.2 Å². The molecule has 1 saturated carbocycles. The van der Waals surface area contributed by atoms with Crippen LogP contribution in [0.15, 0.2) is 29.2 Å². The molecule has 116 valence electrons. The number of nitrogens with zero attached hydrogens (tertiary/aromatic N) is 1. The van der Waals surface area contributed by atoms with E-state index in [1.165, 1.54) is 31.9 Å². The lowest BCUT2D eigenvalue weighted by Crippen LogP contribution is -2.33. The van der Waals surface area contributed by atoms with Gasteiger partial charge in [0.25, 0.3) is 0 Å². The first-order valence-electron chi connectivity index (χ1n) is 7.84. The quantitative estimate of drug-likeness (QED) is 0.928. The summed E-state index contributed by atoms with van der Waals surface area (Å²) in [6, 6.07) is 8.33. The van der Waals surface area contributed by atoms with Gasteiger partial charge in [-0.05, 0) is 31.4 Å². The molecular formula is C16H24N2O2S. The number of hydrogen-bond donors (Lipinski definition) is 1. The molecule has 5 heteroatoms. The summed E-state index contributed by atoms with van der Waals surface area (Å²) >= 11 is 0. The highest BCUT2D eigenvalue weighted by Gasteiger charge is 2.30. The Bertz CT molecular complexity index is 594. The van der Waals surface area contributed by atoms with Gasteiger partial charge in [-0.15, -0.1) is 0 Å². The van der Waals surface area contributed by atoms with Crippen molar-refractivity contribution in [1.82, 2.24) is 4.90 Å². The molecule has 1 atom stereocenters. The van der Waals surface area contributed by atoms with Crippen molar-refractivity contribution in [2.24, 2.45) is 0 Å². The Morgan fingerprint density at radius 1 is 1.14 bits per heavy atom. The van der Waals surface area contributed by atoms with Gasteiger partial charge in [-0.2, -0.15) is 0 Å². The number of hydrogen-bond acceptors (Lipinski definition) is 4. The van der Waals surface area contributed by atoms with Crippen LogP contribution in [0, 0.1) is 0 Å². The molecule has 1 saturated heterocycles. The van der Waals surface area contributed by atoms with Crippen LogP contribution in [0.3, 0.4) is 0 Å². The number of para-hydroxylation sites is 1. The third kappa shape index (κ3) is 3.40. The Balaban J connectivity index is 1.68. The average Bonchev–Trinajstić information content (AvgIpc) is 3.08. The van der Waals surface area contributed by atoms with Gasteiger partial charge in [0.05, 0.1) is 10.6 Å². The average molecular weight is 308 g/mol. The van der Waals surface area contributed by atoms with Crippen LogP contribution in [0.25, 0.3) is 0 Å². The van der Waals surface area contributed by atoms with Crippen LogP contribution in [0.2, 0.25) is 0 Å². The molecule has 2 fully saturated rings. The van der Waals surface area contributed by atoms with Gasteiger partial charge in [0, 0.05) is 31.4 Å². The van der Waals surface area contributed by atoms with Crippen molar-refractivity contribution in [2.75, 3.05) is 24.7 Å². The molecule has 1 aliphatic carbocycles. The first kappa shape index (κ1) is 14.9. The van der Waals surface area contributed by atoms with E-state index in [1.54, 1.807) is 12.1 Å². The summed E-state index contributed by atoms with van der Waals surface area (Å²) in [5, 5.41) is 3.45. The van der Waals surface area contributed by atoms with Crippen molar-refractivity contribution in [3.63, 3.8) is 0 Å². The number of nitrogens with one attached hydrogen (secondary N) is 1. The maximum absolute atomic E-state index is 11.9. The number of likely N-dealkylation sites (tertiary alicyclic amines) is 1. The maximum Gasteiger partial charge on any atom is 0.177 e. The molecule has 1 aliphatic heterocycles. The minimum atomic E-state index is -3.18. The Kier molecular flexibility index (Phi) is 4.22. The summed E-state index contributed by atoms with van der Waals surface area (Å²) in [5.74, 6) is 0. The van der Waals surface area contributed by atoms with E-state index in [4.69, 9.17) is 0 Å². The third-order valence-electron chi connectivity index (χ3n) is 4.71. The molecule has 4 nitrogen and oxygen atoms in total. The van der Waals surface area contributed by atoms with Gasteiger partial charge in [0.1, 0.15) is 0 Å². The fraction of sp³-hybridized carbons (Fsp3) is 0.625. The summed E-state index contributed by atoms with van der Waals surface area (Å²) in [6.07, 6.45) is 7.73. The number of benzene rings is 1. The van der Waals surface area contributed by atoms with Crippen molar-refractivity contribution >= 4 is 15.5 Å². The molecule has 2 aliphatic rings. The SMILES string of the molecule is CS(=O)(=O)c1ccccc1N[C@H]1CCN(C2CCCC2)C1. The molecule has 1 aromatic carbocycles. The molecule has 1 N–H and O–H groups in total. The summed E-state index contributed by atoms with van der Waals surface area (Å²) in [5.41, 5.74) is 0.748. The Hall–Kier alpha value is -1.07. The Morgan fingerprint density at radius 2 is 1.86 bits per heavy atom. The molecule has 3 rings (SSSR count). The molecule has 0 amide bonds. The van der Waals surface area contributed by atoms with Gasteiger partial charge in [0.2, 0.25) is 0 Å². The topological polar surface area (TPSA) is 49.4 Å². The highest BCUT2D eigenvalue weighted by Crippen LogP contribution is 2.28. The van der Waals surface area contributed by atoms with Gasteiger partial charge in [0.15, 0.2) is 9.84 Å². The van der Waals surface area contributed by atoms with Crippen molar-refractivity contribution in [1.29, 1.82) is 0 Å². The first-order valence-corrected chi connectivity index (χ1v) is 9.73. The lowest BCUT2D eigenvalue weighted by molar-refractivity contribution is 0.245. The standard InChI is InChI=1S/C16H24N2O2S/c1-21(19,20)16-9-5-4-8-15(16)17-13-10-11-18(12-13)14-6-2-3-7-14/h4-5,8-9,13-14,17H,2-3,6-7,10-12H2,1H3/t13-/m0/s1. The minimum absolute atomic E-state index is 0.355. The lowest BCUT2D eigenvalue weighted by Gasteiger charge is -2.24. The molecule has 0 aromatic heterocycles. The molecule has 0 spiro atoms. The molecule has 1 heterocycles. The van der Waals surface area contributed by atoms with Crippen molar-refractivity contribution in [3.05, 3.63) is 24.3 Å². The van der Waals surface area contributed by atoms with Crippen LogP contribution >= 0.6 is 0 Å². The molecular weight excluding hydrogens is 284 g/mol. The molecule has 21 heavy (non-hydrogen) atoms. The fourth-order valence-electron chi connectivity index (χ4n) is 3.64. The zero-order chi connectivity index (χ0) is 14.9. The van der Waals surface area contributed by atoms with Crippen LogP contribution in [0.4, 0.5) is 5.69 Å². The van der Waals surface area contributed by atoms with Gasteiger partial charge in [-0.25, -0.2) is 8.42 Å². The van der Waals surface area contributed by atoms with Crippen LogP contribution in [-0.4, -0.2) is 44.7 Å². The van der Waals surface area contributed by atoms with E-state index in [1.807, 2.05) is 12.1 Å². The number of anilines is 1. The van der Waals surface area contributed by atoms with Gasteiger partial charge in [-0.1, -0.05) is 25.0 Å². The summed E-state index contributed by atoms with van der Waals surface area (Å²) < 4.78 is 23.7. The second-order valence-corrected chi connectivity index (χ2v) is 8.32. The highest BCUT2D eigenvalue weighted by molar-refractivity contribution is 7.90. The van der Waals surface area contributed by atoms with E-state index in [0.717, 1.165) is 31.2 Å². The predicted octanol–water partition coefficient (Wildman–Crippen LogP) is 2.52. The second kappa shape index (κ2) is 5.97. The van der Waals surface area contributed by atoms with Crippen LogP contribution in [0.5, 0.6) is 0 Å². The minimum Gasteiger partial charge on any atom is -0.380 e. The van der Waals surface area contributed by atoms with E-state index in [9.17, 15) is 8.42 Å². The second-order valence-electron chi connectivity index (χ2n) is 6.33. The van der Waals surface area contributed by atoms with Gasteiger partial charge in [-0.3, -0.25) is 4.90 Å². The maximum atomic E-state index is 11.9. The summed E-state index contributed by atoms with van der Waals surface area (Å²) in [4.78, 5) is 2.98. The first-order chi connectivity index (χ1) is 10.0. The monoisotopic (exact) mass is 308 g/mol. The number of sulfone groups is 1. The normalized spacial score (nSPS) is 24.5.